The molecule has 0 bridgehead atoms. The minimum absolute atomic E-state index is 0.0333. The van der Waals surface area contributed by atoms with E-state index < -0.39 is 9.84 Å². The molecule has 2 aromatic carbocycles. The fraction of sp³-hybridized carbons (Fsp3) is 0.304. The van der Waals surface area contributed by atoms with Crippen LogP contribution in [0.2, 0.25) is 0 Å². The van der Waals surface area contributed by atoms with E-state index in [0.717, 1.165) is 15.8 Å². The van der Waals surface area contributed by atoms with Crippen LogP contribution in [0.1, 0.15) is 18.4 Å². The van der Waals surface area contributed by atoms with Gasteiger partial charge < -0.3 is 14.0 Å². The van der Waals surface area contributed by atoms with Crippen LogP contribution in [0.5, 0.6) is 11.5 Å². The van der Waals surface area contributed by atoms with Crippen molar-refractivity contribution in [2.45, 2.75) is 25.1 Å². The first kappa shape index (κ1) is 23.7. The zero-order chi connectivity index (χ0) is 23.1. The van der Waals surface area contributed by atoms with Gasteiger partial charge in [-0.3, -0.25) is 4.79 Å². The standard InChI is InChI=1S/C23H26N2O5S2/c1-4-14-25-21-18(29-2)12-13-19(30-3)22(21)31-23(25)24-20(26)11-8-15-32(27,28)16-17-9-6-5-7-10-17/h4-7,9-10,12-13H,1,8,11,14-16H2,2-3H3. The van der Waals surface area contributed by atoms with Crippen molar-refractivity contribution in [3.05, 3.63) is 65.5 Å². The Balaban J connectivity index is 1.80. The molecular formula is C23H26N2O5S2. The number of allylic oxidation sites excluding steroid dienone is 1. The van der Waals surface area contributed by atoms with Crippen molar-refractivity contribution in [3.63, 3.8) is 0 Å². The van der Waals surface area contributed by atoms with Crippen LogP contribution in [0.25, 0.3) is 10.2 Å². The molecule has 9 heteroatoms. The number of methoxy groups -OCH3 is 2. The SMILES string of the molecule is C=CCn1c(=NC(=O)CCCS(=O)(=O)Cc2ccccc2)sc2c(OC)ccc(OC)c21. The van der Waals surface area contributed by atoms with Gasteiger partial charge in [-0.25, -0.2) is 8.42 Å². The Morgan fingerprint density at radius 1 is 1.12 bits per heavy atom. The maximum atomic E-state index is 12.5. The summed E-state index contributed by atoms with van der Waals surface area (Å²) in [7, 11) is -0.143. The third-order valence-electron chi connectivity index (χ3n) is 4.80. The van der Waals surface area contributed by atoms with E-state index in [1.54, 1.807) is 56.7 Å². The Morgan fingerprint density at radius 3 is 2.47 bits per heavy atom. The molecule has 0 saturated carbocycles. The third-order valence-corrected chi connectivity index (χ3v) is 7.58. The highest BCUT2D eigenvalue weighted by atomic mass is 32.2. The van der Waals surface area contributed by atoms with Crippen molar-refractivity contribution in [2.24, 2.45) is 4.99 Å². The number of aromatic nitrogens is 1. The Bertz CT molecular complexity index is 1270. The summed E-state index contributed by atoms with van der Waals surface area (Å²) in [6.45, 7) is 4.22. The molecule has 7 nitrogen and oxygen atoms in total. The zero-order valence-corrected chi connectivity index (χ0v) is 19.7. The van der Waals surface area contributed by atoms with Crippen LogP contribution in [0.15, 0.2) is 60.1 Å². The van der Waals surface area contributed by atoms with Crippen LogP contribution in [0.4, 0.5) is 0 Å². The molecule has 0 aliphatic heterocycles. The van der Waals surface area contributed by atoms with Gasteiger partial charge in [-0.05, 0) is 24.1 Å². The van der Waals surface area contributed by atoms with Crippen LogP contribution in [-0.2, 0) is 26.9 Å². The summed E-state index contributed by atoms with van der Waals surface area (Å²) in [4.78, 5) is 17.3. The Labute approximate surface area is 191 Å². The molecule has 1 heterocycles. The molecule has 0 aliphatic rings. The quantitative estimate of drug-likeness (QED) is 0.418. The number of amides is 1. The van der Waals surface area contributed by atoms with Crippen molar-refractivity contribution >= 4 is 37.3 Å². The molecule has 0 radical (unpaired) electrons. The van der Waals surface area contributed by atoms with Crippen LogP contribution >= 0.6 is 11.3 Å². The average Bonchev–Trinajstić information content (AvgIpc) is 3.11. The molecule has 3 rings (SSSR count). The van der Waals surface area contributed by atoms with Gasteiger partial charge in [0.25, 0.3) is 0 Å². The molecule has 1 aromatic heterocycles. The lowest BCUT2D eigenvalue weighted by Gasteiger charge is -2.08. The summed E-state index contributed by atoms with van der Waals surface area (Å²) in [6.07, 6.45) is 1.98. The second-order valence-electron chi connectivity index (χ2n) is 7.12. The van der Waals surface area contributed by atoms with E-state index in [9.17, 15) is 13.2 Å². The lowest BCUT2D eigenvalue weighted by atomic mass is 10.2. The van der Waals surface area contributed by atoms with E-state index in [0.29, 0.717) is 22.8 Å². The summed E-state index contributed by atoms with van der Waals surface area (Å²) in [5.41, 5.74) is 1.51. The zero-order valence-electron chi connectivity index (χ0n) is 18.1. The van der Waals surface area contributed by atoms with Crippen molar-refractivity contribution in [1.82, 2.24) is 4.57 Å². The molecule has 0 aliphatic carbocycles. The predicted octanol–water partition coefficient (Wildman–Crippen LogP) is 3.73. The van der Waals surface area contributed by atoms with Crippen molar-refractivity contribution in [3.8, 4) is 11.5 Å². The molecule has 0 atom stereocenters. The lowest BCUT2D eigenvalue weighted by molar-refractivity contribution is -0.118. The number of carbonyl (C=O) groups is 1. The Morgan fingerprint density at radius 2 is 1.81 bits per heavy atom. The highest BCUT2D eigenvalue weighted by Gasteiger charge is 2.17. The Kier molecular flexibility index (Phi) is 7.87. The van der Waals surface area contributed by atoms with E-state index in [1.165, 1.54) is 11.3 Å². The number of thiazole rings is 1. The highest BCUT2D eigenvalue weighted by Crippen LogP contribution is 2.35. The number of hydrogen-bond donors (Lipinski definition) is 0. The minimum Gasteiger partial charge on any atom is -0.495 e. The normalized spacial score (nSPS) is 12.1. The maximum Gasteiger partial charge on any atom is 0.248 e. The lowest BCUT2D eigenvalue weighted by Crippen LogP contribution is -2.17. The number of nitrogens with zero attached hydrogens (tertiary/aromatic N) is 2. The van der Waals surface area contributed by atoms with Crippen LogP contribution in [-0.4, -0.2) is 38.9 Å². The predicted molar refractivity (Wildman–Crippen MR) is 127 cm³/mol. The molecule has 32 heavy (non-hydrogen) atoms. The van der Waals surface area contributed by atoms with E-state index in [2.05, 4.69) is 11.6 Å². The van der Waals surface area contributed by atoms with Crippen LogP contribution in [0, 0.1) is 0 Å². The summed E-state index contributed by atoms with van der Waals surface area (Å²) in [6, 6.07) is 12.6. The summed E-state index contributed by atoms with van der Waals surface area (Å²) < 4.78 is 38.3. The van der Waals surface area contributed by atoms with E-state index >= 15 is 0 Å². The minimum atomic E-state index is -3.30. The summed E-state index contributed by atoms with van der Waals surface area (Å²) in [5.74, 6) is 0.824. The molecule has 170 valence electrons. The van der Waals surface area contributed by atoms with Crippen LogP contribution < -0.4 is 14.3 Å². The first-order valence-electron chi connectivity index (χ1n) is 10.1. The van der Waals surface area contributed by atoms with Gasteiger partial charge in [-0.15, -0.1) is 6.58 Å². The smallest absolute Gasteiger partial charge is 0.248 e. The van der Waals surface area contributed by atoms with Gasteiger partial charge in [0.2, 0.25) is 5.91 Å². The molecule has 0 saturated heterocycles. The first-order valence-corrected chi connectivity index (χ1v) is 12.7. The molecule has 0 spiro atoms. The number of fused-ring (bicyclic) bond motifs is 1. The van der Waals surface area contributed by atoms with Crippen molar-refractivity contribution in [2.75, 3.05) is 20.0 Å². The van der Waals surface area contributed by atoms with Gasteiger partial charge in [0.1, 0.15) is 21.7 Å². The molecule has 0 N–H and O–H groups in total. The second kappa shape index (κ2) is 10.6. The number of hydrogen-bond acceptors (Lipinski definition) is 6. The van der Waals surface area contributed by atoms with Gasteiger partial charge in [0.05, 0.1) is 25.7 Å². The number of ether oxygens (including phenoxy) is 2. The maximum absolute atomic E-state index is 12.5. The molecule has 3 aromatic rings. The van der Waals surface area contributed by atoms with Crippen molar-refractivity contribution in [1.29, 1.82) is 0 Å². The van der Waals surface area contributed by atoms with E-state index in [4.69, 9.17) is 9.47 Å². The average molecular weight is 475 g/mol. The molecular weight excluding hydrogens is 448 g/mol. The molecule has 0 unspecified atom stereocenters. The van der Waals surface area contributed by atoms with Crippen molar-refractivity contribution < 1.29 is 22.7 Å². The number of rotatable bonds is 10. The monoisotopic (exact) mass is 474 g/mol. The summed E-state index contributed by atoms with van der Waals surface area (Å²) in [5, 5.41) is 0. The van der Waals surface area contributed by atoms with Crippen LogP contribution in [0.3, 0.4) is 0 Å². The van der Waals surface area contributed by atoms with Gasteiger partial charge >= 0.3 is 0 Å². The third kappa shape index (κ3) is 5.66. The van der Waals surface area contributed by atoms with Gasteiger partial charge in [-0.2, -0.15) is 4.99 Å². The van der Waals surface area contributed by atoms with Gasteiger partial charge in [0, 0.05) is 13.0 Å². The van der Waals surface area contributed by atoms with Gasteiger partial charge in [-0.1, -0.05) is 47.7 Å². The van der Waals surface area contributed by atoms with Gasteiger partial charge in [0.15, 0.2) is 14.6 Å². The Hall–Kier alpha value is -2.91. The number of carbonyl (C=O) groups excluding carboxylic acids is 1. The second-order valence-corrected chi connectivity index (χ2v) is 10.3. The first-order chi connectivity index (χ1) is 15.4. The highest BCUT2D eigenvalue weighted by molar-refractivity contribution is 7.90. The number of sulfone groups is 1. The van der Waals surface area contributed by atoms with E-state index in [1.807, 2.05) is 10.6 Å². The molecule has 0 fully saturated rings. The largest absolute Gasteiger partial charge is 0.495 e. The fourth-order valence-electron chi connectivity index (χ4n) is 3.34. The summed E-state index contributed by atoms with van der Waals surface area (Å²) >= 11 is 1.32. The topological polar surface area (TPSA) is 87.0 Å². The van der Waals surface area contributed by atoms with E-state index in [-0.39, 0.29) is 30.3 Å². The number of benzene rings is 2. The fourth-order valence-corrected chi connectivity index (χ4v) is 5.94. The molecule has 1 amide bonds.